The fourth-order valence-electron chi connectivity index (χ4n) is 1.54. The lowest BCUT2D eigenvalue weighted by Crippen LogP contribution is -1.87. The van der Waals surface area contributed by atoms with E-state index in [1.165, 1.54) is 0 Å². The van der Waals surface area contributed by atoms with E-state index in [4.69, 9.17) is 0 Å². The van der Waals surface area contributed by atoms with Crippen LogP contribution in [0.15, 0.2) is 36.4 Å². The molecule has 82 valence electrons. The Kier molecular flexibility index (Phi) is 5.02. The summed E-state index contributed by atoms with van der Waals surface area (Å²) in [7, 11) is 0. The van der Waals surface area contributed by atoms with E-state index >= 15 is 0 Å². The van der Waals surface area contributed by atoms with Gasteiger partial charge in [-0.15, -0.1) is 0 Å². The predicted molar refractivity (Wildman–Crippen MR) is 59.7 cm³/mol. The zero-order chi connectivity index (χ0) is 11.1. The molecule has 0 bridgehead atoms. The molecular formula is C13H16F2. The second-order valence-electron chi connectivity index (χ2n) is 3.56. The van der Waals surface area contributed by atoms with Crippen molar-refractivity contribution >= 4 is 5.57 Å². The van der Waals surface area contributed by atoms with Gasteiger partial charge in [0.1, 0.15) is 0 Å². The van der Waals surface area contributed by atoms with Gasteiger partial charge in [0.15, 0.2) is 0 Å². The van der Waals surface area contributed by atoms with Crippen molar-refractivity contribution in [3.05, 3.63) is 42.0 Å². The van der Waals surface area contributed by atoms with Crippen molar-refractivity contribution < 1.29 is 8.78 Å². The lowest BCUT2D eigenvalue weighted by atomic mass is 10.0. The fourth-order valence-corrected chi connectivity index (χ4v) is 1.54. The molecule has 0 amide bonds. The molecule has 0 aliphatic heterocycles. The summed E-state index contributed by atoms with van der Waals surface area (Å²) in [5.41, 5.74) is 0.845. The van der Waals surface area contributed by atoms with Gasteiger partial charge in [-0.3, -0.25) is 0 Å². The maximum Gasteiger partial charge on any atom is 0.274 e. The van der Waals surface area contributed by atoms with Crippen molar-refractivity contribution in [2.75, 3.05) is 0 Å². The van der Waals surface area contributed by atoms with Crippen LogP contribution in [-0.4, -0.2) is 0 Å². The summed E-state index contributed by atoms with van der Waals surface area (Å²) in [6.45, 7) is 2.07. The minimum Gasteiger partial charge on any atom is -0.173 e. The molecular weight excluding hydrogens is 194 g/mol. The third-order valence-corrected chi connectivity index (χ3v) is 2.38. The first-order chi connectivity index (χ1) is 7.25. The number of rotatable bonds is 5. The highest BCUT2D eigenvalue weighted by atomic mass is 19.3. The van der Waals surface area contributed by atoms with E-state index in [0.717, 1.165) is 19.3 Å². The molecule has 0 saturated carbocycles. The third kappa shape index (κ3) is 3.82. The summed E-state index contributed by atoms with van der Waals surface area (Å²) in [6, 6.07) is 8.89. The quantitative estimate of drug-likeness (QED) is 0.608. The Morgan fingerprint density at radius 3 is 2.27 bits per heavy atom. The normalized spacial score (nSPS) is 10.1. The molecule has 0 heterocycles. The second kappa shape index (κ2) is 6.33. The minimum absolute atomic E-state index is 0.198. The largest absolute Gasteiger partial charge is 0.274 e. The van der Waals surface area contributed by atoms with E-state index in [1.807, 2.05) is 6.07 Å². The van der Waals surface area contributed by atoms with Crippen LogP contribution in [0.5, 0.6) is 0 Å². The van der Waals surface area contributed by atoms with Gasteiger partial charge in [0.2, 0.25) is 0 Å². The van der Waals surface area contributed by atoms with Crippen molar-refractivity contribution in [1.29, 1.82) is 0 Å². The molecule has 0 N–H and O–H groups in total. The first kappa shape index (κ1) is 11.9. The Bertz CT molecular complexity index is 311. The van der Waals surface area contributed by atoms with Crippen LogP contribution in [0.4, 0.5) is 8.78 Å². The van der Waals surface area contributed by atoms with E-state index in [1.54, 1.807) is 24.3 Å². The lowest BCUT2D eigenvalue weighted by Gasteiger charge is -2.05. The van der Waals surface area contributed by atoms with Crippen LogP contribution in [0.25, 0.3) is 5.57 Å². The molecule has 0 radical (unpaired) electrons. The smallest absolute Gasteiger partial charge is 0.173 e. The molecule has 1 aromatic carbocycles. The predicted octanol–water partition coefficient (Wildman–Crippen LogP) is 4.87. The standard InChI is InChI=1S/C13H16F2/c1-2-3-5-10-12(13(14)15)11-8-6-4-7-9-11/h4,6-9H,2-3,5,10H2,1H3. The summed E-state index contributed by atoms with van der Waals surface area (Å²) >= 11 is 0. The molecule has 0 spiro atoms. The Balaban J connectivity index is 2.73. The molecule has 0 atom stereocenters. The van der Waals surface area contributed by atoms with Crippen molar-refractivity contribution in [3.63, 3.8) is 0 Å². The van der Waals surface area contributed by atoms with Crippen LogP contribution in [0.1, 0.15) is 38.2 Å². The van der Waals surface area contributed by atoms with E-state index in [0.29, 0.717) is 12.0 Å². The summed E-state index contributed by atoms with van der Waals surface area (Å²) in [5, 5.41) is 0. The van der Waals surface area contributed by atoms with Crippen LogP contribution >= 0.6 is 0 Å². The Labute approximate surface area is 89.6 Å². The molecule has 0 fully saturated rings. The molecule has 0 aliphatic carbocycles. The summed E-state index contributed by atoms with van der Waals surface area (Å²) in [4.78, 5) is 0. The molecule has 0 saturated heterocycles. The van der Waals surface area contributed by atoms with Crippen LogP contribution < -0.4 is 0 Å². The lowest BCUT2D eigenvalue weighted by molar-refractivity contribution is 0.422. The Morgan fingerprint density at radius 2 is 1.73 bits per heavy atom. The number of hydrogen-bond acceptors (Lipinski definition) is 0. The maximum absolute atomic E-state index is 12.7. The van der Waals surface area contributed by atoms with Gasteiger partial charge in [-0.05, 0) is 18.4 Å². The van der Waals surface area contributed by atoms with Gasteiger partial charge >= 0.3 is 0 Å². The molecule has 1 aromatic rings. The number of hydrogen-bond donors (Lipinski definition) is 0. The van der Waals surface area contributed by atoms with E-state index in [9.17, 15) is 8.78 Å². The average Bonchev–Trinajstić information content (AvgIpc) is 2.25. The van der Waals surface area contributed by atoms with Gasteiger partial charge in [-0.25, -0.2) is 0 Å². The third-order valence-electron chi connectivity index (χ3n) is 2.38. The number of halogens is 2. The van der Waals surface area contributed by atoms with Crippen molar-refractivity contribution in [2.24, 2.45) is 0 Å². The van der Waals surface area contributed by atoms with Crippen LogP contribution in [-0.2, 0) is 0 Å². The van der Waals surface area contributed by atoms with Gasteiger partial charge in [0.25, 0.3) is 6.08 Å². The van der Waals surface area contributed by atoms with Gasteiger partial charge in [0.05, 0.1) is 0 Å². The van der Waals surface area contributed by atoms with Gasteiger partial charge < -0.3 is 0 Å². The molecule has 0 unspecified atom stereocenters. The van der Waals surface area contributed by atoms with E-state index in [-0.39, 0.29) is 5.57 Å². The van der Waals surface area contributed by atoms with Gasteiger partial charge in [0, 0.05) is 5.57 Å². The molecule has 0 aromatic heterocycles. The average molecular weight is 210 g/mol. The fraction of sp³-hybridized carbons (Fsp3) is 0.385. The van der Waals surface area contributed by atoms with Crippen molar-refractivity contribution in [1.82, 2.24) is 0 Å². The van der Waals surface area contributed by atoms with Gasteiger partial charge in [-0.1, -0.05) is 50.1 Å². The summed E-state index contributed by atoms with van der Waals surface area (Å²) < 4.78 is 25.4. The first-order valence-electron chi connectivity index (χ1n) is 5.35. The first-order valence-corrected chi connectivity index (χ1v) is 5.35. The van der Waals surface area contributed by atoms with Crippen LogP contribution in [0.3, 0.4) is 0 Å². The zero-order valence-corrected chi connectivity index (χ0v) is 8.97. The summed E-state index contributed by atoms with van der Waals surface area (Å²) in [6.07, 6.45) is 1.81. The second-order valence-corrected chi connectivity index (χ2v) is 3.56. The van der Waals surface area contributed by atoms with Gasteiger partial charge in [-0.2, -0.15) is 8.78 Å². The zero-order valence-electron chi connectivity index (χ0n) is 8.97. The number of allylic oxidation sites excluding steroid dienone is 1. The van der Waals surface area contributed by atoms with E-state index in [2.05, 4.69) is 6.92 Å². The highest BCUT2D eigenvalue weighted by molar-refractivity contribution is 5.65. The topological polar surface area (TPSA) is 0 Å². The Hall–Kier alpha value is -1.18. The monoisotopic (exact) mass is 210 g/mol. The highest BCUT2D eigenvalue weighted by Gasteiger charge is 2.08. The van der Waals surface area contributed by atoms with Crippen LogP contribution in [0.2, 0.25) is 0 Å². The van der Waals surface area contributed by atoms with Crippen LogP contribution in [0, 0.1) is 0 Å². The van der Waals surface area contributed by atoms with Crippen molar-refractivity contribution in [2.45, 2.75) is 32.6 Å². The van der Waals surface area contributed by atoms with Crippen molar-refractivity contribution in [3.8, 4) is 0 Å². The Morgan fingerprint density at radius 1 is 1.07 bits per heavy atom. The SMILES string of the molecule is CCCCCC(=C(F)F)c1ccccc1. The summed E-state index contributed by atoms with van der Waals surface area (Å²) in [5.74, 6) is 0. The number of unbranched alkanes of at least 4 members (excludes halogenated alkanes) is 2. The van der Waals surface area contributed by atoms with E-state index < -0.39 is 6.08 Å². The molecule has 2 heteroatoms. The molecule has 15 heavy (non-hydrogen) atoms. The maximum atomic E-state index is 12.7. The molecule has 0 nitrogen and oxygen atoms in total. The molecule has 1 rings (SSSR count). The number of benzene rings is 1. The minimum atomic E-state index is -1.54. The highest BCUT2D eigenvalue weighted by Crippen LogP contribution is 2.26. The molecule has 0 aliphatic rings.